The van der Waals surface area contributed by atoms with Gasteiger partial charge < -0.3 is 4.57 Å². The predicted octanol–water partition coefficient (Wildman–Crippen LogP) is 8.37. The number of para-hydroxylation sites is 2. The lowest BCUT2D eigenvalue weighted by Crippen LogP contribution is -1.93. The molecule has 30 heavy (non-hydrogen) atoms. The van der Waals surface area contributed by atoms with Crippen LogP contribution < -0.4 is 0 Å². The lowest BCUT2D eigenvalue weighted by Gasteiger charge is -2.10. The van der Waals surface area contributed by atoms with Crippen LogP contribution in [-0.2, 0) is 0 Å². The fourth-order valence-corrected chi connectivity index (χ4v) is 4.78. The fourth-order valence-electron chi connectivity index (χ4n) is 4.40. The van der Waals surface area contributed by atoms with Gasteiger partial charge in [-0.3, -0.25) is 0 Å². The number of hydrogen-bond acceptors (Lipinski definition) is 0. The van der Waals surface area contributed by atoms with Crippen LogP contribution in [0, 0.1) is 0 Å². The van der Waals surface area contributed by atoms with Crippen molar-refractivity contribution in [3.8, 4) is 16.8 Å². The van der Waals surface area contributed by atoms with Crippen molar-refractivity contribution >= 4 is 48.5 Å². The summed E-state index contributed by atoms with van der Waals surface area (Å²) in [5.74, 6) is 0. The van der Waals surface area contributed by atoms with Gasteiger partial charge in [-0.05, 0) is 64.4 Å². The number of aromatic nitrogens is 1. The molecule has 1 aromatic heterocycles. The second-order valence-corrected chi connectivity index (χ2v) is 8.54. The molecule has 142 valence electrons. The molecule has 0 N–H and O–H groups in total. The van der Waals surface area contributed by atoms with Crippen molar-refractivity contribution < 1.29 is 0 Å². The molecule has 0 fully saturated rings. The first kappa shape index (κ1) is 17.5. The highest BCUT2D eigenvalue weighted by Crippen LogP contribution is 2.33. The normalized spacial score (nSPS) is 11.5. The minimum absolute atomic E-state index is 1.11. The monoisotopic (exact) mass is 447 g/mol. The standard InChI is InChI=1S/C28H18BrN/c29-23-14-11-21-17-20(9-10-22(21)18-23)19-12-15-24(16-13-19)30-27-7-3-1-5-25(27)26-6-2-4-8-28(26)30/h1-18H. The summed E-state index contributed by atoms with van der Waals surface area (Å²) in [6, 6.07) is 39.2. The molecule has 1 heterocycles. The van der Waals surface area contributed by atoms with E-state index in [-0.39, 0.29) is 0 Å². The molecule has 2 heteroatoms. The number of benzene rings is 5. The third kappa shape index (κ3) is 2.76. The van der Waals surface area contributed by atoms with Gasteiger partial charge in [0.2, 0.25) is 0 Å². The van der Waals surface area contributed by atoms with Gasteiger partial charge in [0.05, 0.1) is 11.0 Å². The minimum atomic E-state index is 1.11. The van der Waals surface area contributed by atoms with Crippen molar-refractivity contribution in [3.63, 3.8) is 0 Å². The Morgan fingerprint density at radius 2 is 1.07 bits per heavy atom. The van der Waals surface area contributed by atoms with Gasteiger partial charge in [-0.25, -0.2) is 0 Å². The van der Waals surface area contributed by atoms with Gasteiger partial charge in [-0.2, -0.15) is 0 Å². The van der Waals surface area contributed by atoms with E-state index in [9.17, 15) is 0 Å². The van der Waals surface area contributed by atoms with Crippen LogP contribution in [-0.4, -0.2) is 4.57 Å². The maximum atomic E-state index is 3.55. The van der Waals surface area contributed by atoms with E-state index in [0.29, 0.717) is 0 Å². The van der Waals surface area contributed by atoms with Gasteiger partial charge in [-0.1, -0.05) is 82.7 Å². The van der Waals surface area contributed by atoms with E-state index in [1.165, 1.54) is 49.4 Å². The van der Waals surface area contributed by atoms with E-state index >= 15 is 0 Å². The van der Waals surface area contributed by atoms with Crippen molar-refractivity contribution in [1.29, 1.82) is 0 Å². The molecule has 0 bridgehead atoms. The Morgan fingerprint density at radius 1 is 0.500 bits per heavy atom. The average molecular weight is 448 g/mol. The van der Waals surface area contributed by atoms with Crippen molar-refractivity contribution in [2.24, 2.45) is 0 Å². The SMILES string of the molecule is Brc1ccc2cc(-c3ccc(-n4c5ccccc5c5ccccc54)cc3)ccc2c1. The number of fused-ring (bicyclic) bond motifs is 4. The van der Waals surface area contributed by atoms with Crippen LogP contribution in [0.25, 0.3) is 49.4 Å². The first-order chi connectivity index (χ1) is 14.8. The van der Waals surface area contributed by atoms with E-state index in [0.717, 1.165) is 4.47 Å². The second kappa shape index (κ2) is 6.86. The smallest absolute Gasteiger partial charge is 0.0541 e. The van der Waals surface area contributed by atoms with Gasteiger partial charge in [-0.15, -0.1) is 0 Å². The van der Waals surface area contributed by atoms with Crippen LogP contribution in [0.4, 0.5) is 0 Å². The third-order valence-electron chi connectivity index (χ3n) is 5.84. The minimum Gasteiger partial charge on any atom is -0.309 e. The molecule has 0 radical (unpaired) electrons. The molecule has 0 saturated heterocycles. The summed E-state index contributed by atoms with van der Waals surface area (Å²) in [5, 5.41) is 5.08. The highest BCUT2D eigenvalue weighted by molar-refractivity contribution is 9.10. The molecular formula is C28H18BrN. The molecule has 0 aliphatic rings. The van der Waals surface area contributed by atoms with E-state index in [1.54, 1.807) is 0 Å². The third-order valence-corrected chi connectivity index (χ3v) is 6.33. The summed E-state index contributed by atoms with van der Waals surface area (Å²) in [7, 11) is 0. The molecule has 0 saturated carbocycles. The Balaban J connectivity index is 1.48. The maximum Gasteiger partial charge on any atom is 0.0541 e. The lowest BCUT2D eigenvalue weighted by molar-refractivity contribution is 1.18. The average Bonchev–Trinajstić information content (AvgIpc) is 3.13. The van der Waals surface area contributed by atoms with Gasteiger partial charge >= 0.3 is 0 Å². The Kier molecular flexibility index (Phi) is 4.00. The molecule has 1 nitrogen and oxygen atoms in total. The van der Waals surface area contributed by atoms with E-state index in [2.05, 4.69) is 130 Å². The Labute approximate surface area is 183 Å². The van der Waals surface area contributed by atoms with Crippen LogP contribution in [0.15, 0.2) is 114 Å². The first-order valence-electron chi connectivity index (χ1n) is 10.1. The summed E-state index contributed by atoms with van der Waals surface area (Å²) < 4.78 is 3.46. The molecule has 0 atom stereocenters. The Bertz CT molecular complexity index is 1490. The summed E-state index contributed by atoms with van der Waals surface area (Å²) >= 11 is 3.55. The van der Waals surface area contributed by atoms with E-state index in [4.69, 9.17) is 0 Å². The first-order valence-corrected chi connectivity index (χ1v) is 10.9. The summed E-state index contributed by atoms with van der Waals surface area (Å²) in [5.41, 5.74) is 6.12. The van der Waals surface area contributed by atoms with E-state index in [1.807, 2.05) is 0 Å². The molecule has 0 aliphatic heterocycles. The molecule has 0 unspecified atom stereocenters. The zero-order valence-electron chi connectivity index (χ0n) is 16.2. The van der Waals surface area contributed by atoms with Crippen molar-refractivity contribution in [1.82, 2.24) is 4.57 Å². The highest BCUT2D eigenvalue weighted by atomic mass is 79.9. The van der Waals surface area contributed by atoms with Gasteiger partial charge in [0.1, 0.15) is 0 Å². The van der Waals surface area contributed by atoms with Gasteiger partial charge in [0.25, 0.3) is 0 Å². The van der Waals surface area contributed by atoms with Crippen LogP contribution in [0.3, 0.4) is 0 Å². The number of halogens is 1. The predicted molar refractivity (Wildman–Crippen MR) is 131 cm³/mol. The molecular weight excluding hydrogens is 430 g/mol. The van der Waals surface area contributed by atoms with Crippen molar-refractivity contribution in [2.75, 3.05) is 0 Å². The van der Waals surface area contributed by atoms with Crippen LogP contribution in [0.5, 0.6) is 0 Å². The fraction of sp³-hybridized carbons (Fsp3) is 0. The number of nitrogens with zero attached hydrogens (tertiary/aromatic N) is 1. The van der Waals surface area contributed by atoms with Crippen molar-refractivity contribution in [3.05, 3.63) is 114 Å². The summed E-state index contributed by atoms with van der Waals surface area (Å²) in [6.07, 6.45) is 0. The van der Waals surface area contributed by atoms with Gasteiger partial charge in [0.15, 0.2) is 0 Å². The van der Waals surface area contributed by atoms with Crippen LogP contribution >= 0.6 is 15.9 Å². The van der Waals surface area contributed by atoms with Gasteiger partial charge in [0, 0.05) is 20.9 Å². The zero-order valence-corrected chi connectivity index (χ0v) is 17.8. The molecule has 6 aromatic rings. The van der Waals surface area contributed by atoms with Crippen LogP contribution in [0.2, 0.25) is 0 Å². The van der Waals surface area contributed by atoms with Crippen molar-refractivity contribution in [2.45, 2.75) is 0 Å². The topological polar surface area (TPSA) is 4.93 Å². The number of rotatable bonds is 2. The molecule has 0 aliphatic carbocycles. The molecule has 0 spiro atoms. The molecule has 0 amide bonds. The summed E-state index contributed by atoms with van der Waals surface area (Å²) in [6.45, 7) is 0. The Hall–Kier alpha value is -3.36. The van der Waals surface area contributed by atoms with E-state index < -0.39 is 0 Å². The Morgan fingerprint density at radius 3 is 1.77 bits per heavy atom. The number of hydrogen-bond donors (Lipinski definition) is 0. The summed E-state index contributed by atoms with van der Waals surface area (Å²) in [4.78, 5) is 0. The van der Waals surface area contributed by atoms with Crippen LogP contribution in [0.1, 0.15) is 0 Å². The quantitative estimate of drug-likeness (QED) is 0.251. The molecule has 5 aromatic carbocycles. The zero-order chi connectivity index (χ0) is 20.1. The maximum absolute atomic E-state index is 3.55. The second-order valence-electron chi connectivity index (χ2n) is 7.62. The lowest BCUT2D eigenvalue weighted by atomic mass is 10.0. The molecule has 6 rings (SSSR count). The largest absolute Gasteiger partial charge is 0.309 e. The highest BCUT2D eigenvalue weighted by Gasteiger charge is 2.11.